The zero-order chi connectivity index (χ0) is 15.6. The highest BCUT2D eigenvalue weighted by molar-refractivity contribution is 9.10. The smallest absolute Gasteiger partial charge is 0.335 e. The van der Waals surface area contributed by atoms with Crippen molar-refractivity contribution < 1.29 is 14.7 Å². The van der Waals surface area contributed by atoms with Crippen LogP contribution in [0.3, 0.4) is 0 Å². The van der Waals surface area contributed by atoms with Gasteiger partial charge in [0.15, 0.2) is 0 Å². The molecule has 0 aromatic heterocycles. The van der Waals surface area contributed by atoms with Gasteiger partial charge in [0.1, 0.15) is 0 Å². The van der Waals surface area contributed by atoms with E-state index < -0.39 is 5.97 Å². The van der Waals surface area contributed by atoms with Gasteiger partial charge in [-0.25, -0.2) is 4.79 Å². The molecule has 0 bridgehead atoms. The number of hydrogen-bond donors (Lipinski definition) is 2. The van der Waals surface area contributed by atoms with Crippen LogP contribution in [0.1, 0.15) is 26.3 Å². The van der Waals surface area contributed by atoms with Crippen molar-refractivity contribution in [3.63, 3.8) is 0 Å². The van der Waals surface area contributed by atoms with Gasteiger partial charge >= 0.3 is 5.97 Å². The summed E-state index contributed by atoms with van der Waals surface area (Å²) in [6, 6.07) is 9.47. The van der Waals surface area contributed by atoms with E-state index in [2.05, 4.69) is 21.2 Å². The van der Waals surface area contributed by atoms with Gasteiger partial charge in [0.2, 0.25) is 0 Å². The molecule has 21 heavy (non-hydrogen) atoms. The fourth-order valence-corrected chi connectivity index (χ4v) is 2.44. The molecule has 4 nitrogen and oxygen atoms in total. The number of anilines is 1. The summed E-state index contributed by atoms with van der Waals surface area (Å²) in [6.45, 7) is 1.82. The minimum Gasteiger partial charge on any atom is -0.478 e. The molecule has 1 amide bonds. The Kier molecular flexibility index (Phi) is 4.65. The van der Waals surface area contributed by atoms with E-state index in [0.29, 0.717) is 11.3 Å². The topological polar surface area (TPSA) is 66.4 Å². The summed E-state index contributed by atoms with van der Waals surface area (Å²) in [6.07, 6.45) is 0. The molecule has 0 heterocycles. The predicted octanol–water partition coefficient (Wildman–Crippen LogP) is 4.36. The largest absolute Gasteiger partial charge is 0.478 e. The highest BCUT2D eigenvalue weighted by atomic mass is 79.9. The molecule has 0 radical (unpaired) electrons. The van der Waals surface area contributed by atoms with Crippen molar-refractivity contribution in [2.24, 2.45) is 0 Å². The molecule has 108 valence electrons. The van der Waals surface area contributed by atoms with Crippen molar-refractivity contribution in [2.75, 3.05) is 5.32 Å². The number of carboxylic acids is 1. The average Bonchev–Trinajstić information content (AvgIpc) is 2.41. The van der Waals surface area contributed by atoms with Crippen molar-refractivity contribution in [1.29, 1.82) is 0 Å². The Morgan fingerprint density at radius 2 is 1.95 bits per heavy atom. The number of carbonyl (C=O) groups is 2. The number of amides is 1. The molecule has 0 saturated heterocycles. The minimum absolute atomic E-state index is 0.0174. The number of carboxylic acid groups (broad SMARTS) is 1. The zero-order valence-electron chi connectivity index (χ0n) is 11.0. The lowest BCUT2D eigenvalue weighted by atomic mass is 10.1. The van der Waals surface area contributed by atoms with Crippen molar-refractivity contribution >= 4 is 45.1 Å². The molecule has 2 N–H and O–H groups in total. The zero-order valence-corrected chi connectivity index (χ0v) is 13.3. The fourth-order valence-electron chi connectivity index (χ4n) is 1.84. The van der Waals surface area contributed by atoms with Crippen LogP contribution in [-0.4, -0.2) is 17.0 Å². The summed E-state index contributed by atoms with van der Waals surface area (Å²) in [5.41, 5.74) is 1.66. The first-order valence-corrected chi connectivity index (χ1v) is 7.16. The molecular formula is C15H11BrClNO3. The molecule has 0 saturated carbocycles. The quantitative estimate of drug-likeness (QED) is 0.846. The van der Waals surface area contributed by atoms with E-state index in [0.717, 1.165) is 10.0 Å². The summed E-state index contributed by atoms with van der Waals surface area (Å²) in [5, 5.41) is 11.9. The molecule has 0 aliphatic heterocycles. The molecule has 0 aliphatic rings. The molecule has 0 spiro atoms. The number of hydrogen-bond acceptors (Lipinski definition) is 2. The third kappa shape index (κ3) is 3.62. The lowest BCUT2D eigenvalue weighted by Crippen LogP contribution is -2.14. The van der Waals surface area contributed by atoms with Crippen LogP contribution in [0.4, 0.5) is 5.69 Å². The Balaban J connectivity index is 2.31. The number of nitrogens with one attached hydrogen (secondary N) is 1. The van der Waals surface area contributed by atoms with E-state index >= 15 is 0 Å². The highest BCUT2D eigenvalue weighted by Crippen LogP contribution is 2.23. The van der Waals surface area contributed by atoms with Gasteiger partial charge in [0.05, 0.1) is 5.56 Å². The number of rotatable bonds is 3. The number of carbonyl (C=O) groups excluding carboxylic acids is 1. The van der Waals surface area contributed by atoms with E-state index in [1.54, 1.807) is 12.1 Å². The lowest BCUT2D eigenvalue weighted by molar-refractivity contribution is 0.0696. The second kappa shape index (κ2) is 6.28. The predicted molar refractivity (Wildman–Crippen MR) is 85.2 cm³/mol. The Labute approximate surface area is 134 Å². The minimum atomic E-state index is -1.10. The summed E-state index contributed by atoms with van der Waals surface area (Å²) in [7, 11) is 0. The Hall–Kier alpha value is -1.85. The molecule has 0 atom stereocenters. The standard InChI is InChI=1S/C15H11BrClNO3/c1-8-12(3-2-4-13(8)16)14(19)18-11-6-9(15(20)21)5-10(17)7-11/h2-7H,1H3,(H,18,19)(H,20,21). The van der Waals surface area contributed by atoms with E-state index in [1.165, 1.54) is 18.2 Å². The number of benzene rings is 2. The molecule has 2 aromatic rings. The van der Waals surface area contributed by atoms with Gasteiger partial charge in [0.25, 0.3) is 5.91 Å². The third-order valence-corrected chi connectivity index (χ3v) is 3.99. The molecule has 2 rings (SSSR count). The van der Waals surface area contributed by atoms with Gasteiger partial charge in [-0.15, -0.1) is 0 Å². The van der Waals surface area contributed by atoms with Crippen LogP contribution < -0.4 is 5.32 Å². The van der Waals surface area contributed by atoms with Gasteiger partial charge in [-0.3, -0.25) is 4.79 Å². The van der Waals surface area contributed by atoms with Crippen LogP contribution >= 0.6 is 27.5 Å². The van der Waals surface area contributed by atoms with Gasteiger partial charge in [-0.1, -0.05) is 33.6 Å². The maximum absolute atomic E-state index is 12.3. The summed E-state index contributed by atoms with van der Waals surface area (Å²) in [5.74, 6) is -1.43. The van der Waals surface area contributed by atoms with Gasteiger partial charge in [-0.2, -0.15) is 0 Å². The summed E-state index contributed by atoms with van der Waals surface area (Å²) in [4.78, 5) is 23.2. The first kappa shape index (κ1) is 15.5. The third-order valence-electron chi connectivity index (χ3n) is 2.91. The van der Waals surface area contributed by atoms with Gasteiger partial charge in [-0.05, 0) is 42.8 Å². The highest BCUT2D eigenvalue weighted by Gasteiger charge is 2.13. The van der Waals surface area contributed by atoms with Crippen molar-refractivity contribution in [2.45, 2.75) is 6.92 Å². The molecule has 6 heteroatoms. The van der Waals surface area contributed by atoms with Crippen molar-refractivity contribution in [3.05, 3.63) is 62.6 Å². The summed E-state index contributed by atoms with van der Waals surface area (Å²) < 4.78 is 0.826. The Bertz CT molecular complexity index is 731. The maximum atomic E-state index is 12.3. The molecular weight excluding hydrogens is 358 g/mol. The van der Waals surface area contributed by atoms with Crippen molar-refractivity contribution in [1.82, 2.24) is 0 Å². The lowest BCUT2D eigenvalue weighted by Gasteiger charge is -2.10. The maximum Gasteiger partial charge on any atom is 0.335 e. The van der Waals surface area contributed by atoms with E-state index in [9.17, 15) is 9.59 Å². The van der Waals surface area contributed by atoms with Crippen LogP contribution in [0.5, 0.6) is 0 Å². The monoisotopic (exact) mass is 367 g/mol. The Morgan fingerprint density at radius 3 is 2.62 bits per heavy atom. The molecule has 0 aliphatic carbocycles. The average molecular weight is 369 g/mol. The SMILES string of the molecule is Cc1c(Br)cccc1C(=O)Nc1cc(Cl)cc(C(=O)O)c1. The number of aromatic carboxylic acids is 1. The normalized spacial score (nSPS) is 10.2. The molecule has 0 fully saturated rings. The van der Waals surface area contributed by atoms with Gasteiger partial charge < -0.3 is 10.4 Å². The van der Waals surface area contributed by atoms with E-state index in [1.807, 2.05) is 13.0 Å². The second-order valence-electron chi connectivity index (χ2n) is 4.40. The number of halogens is 2. The van der Waals surface area contributed by atoms with Gasteiger partial charge in [0, 0.05) is 20.7 Å². The molecule has 0 unspecified atom stereocenters. The fraction of sp³-hybridized carbons (Fsp3) is 0.0667. The van der Waals surface area contributed by atoms with Crippen molar-refractivity contribution in [3.8, 4) is 0 Å². The van der Waals surface area contributed by atoms with Crippen LogP contribution in [-0.2, 0) is 0 Å². The summed E-state index contributed by atoms with van der Waals surface area (Å²) >= 11 is 9.22. The molecule has 2 aromatic carbocycles. The van der Waals surface area contributed by atoms with Crippen LogP contribution in [0.2, 0.25) is 5.02 Å². The van der Waals surface area contributed by atoms with E-state index in [4.69, 9.17) is 16.7 Å². The Morgan fingerprint density at radius 1 is 1.24 bits per heavy atom. The van der Waals surface area contributed by atoms with Crippen LogP contribution in [0.25, 0.3) is 0 Å². The van der Waals surface area contributed by atoms with E-state index in [-0.39, 0.29) is 16.5 Å². The first-order valence-electron chi connectivity index (χ1n) is 5.99. The first-order chi connectivity index (χ1) is 9.88. The van der Waals surface area contributed by atoms with Crippen LogP contribution in [0.15, 0.2) is 40.9 Å². The second-order valence-corrected chi connectivity index (χ2v) is 5.69. The van der Waals surface area contributed by atoms with Crippen LogP contribution in [0, 0.1) is 6.92 Å².